The van der Waals surface area contributed by atoms with E-state index in [4.69, 9.17) is 4.74 Å². The molecule has 2 aromatic rings. The molecule has 0 bridgehead atoms. The molecule has 9 heteroatoms. The van der Waals surface area contributed by atoms with E-state index in [1.165, 1.54) is 11.4 Å². The van der Waals surface area contributed by atoms with Crippen LogP contribution >= 0.6 is 0 Å². The molecular weight excluding hydrogens is 478 g/mol. The Labute approximate surface area is 215 Å². The van der Waals surface area contributed by atoms with Crippen LogP contribution in [0.4, 0.5) is 5.69 Å². The molecule has 2 rings (SSSR count). The summed E-state index contributed by atoms with van der Waals surface area (Å²) in [4.78, 5) is 27.9. The summed E-state index contributed by atoms with van der Waals surface area (Å²) in [5.74, 6) is 0.188. The summed E-state index contributed by atoms with van der Waals surface area (Å²) in [7, 11) is -2.05. The van der Waals surface area contributed by atoms with Gasteiger partial charge in [0.15, 0.2) is 0 Å². The quantitative estimate of drug-likeness (QED) is 0.410. The second-order valence-electron chi connectivity index (χ2n) is 8.86. The van der Waals surface area contributed by atoms with Crippen LogP contribution in [-0.4, -0.2) is 57.6 Å². The molecule has 8 nitrogen and oxygen atoms in total. The van der Waals surface area contributed by atoms with E-state index in [1.54, 1.807) is 29.2 Å². The van der Waals surface area contributed by atoms with Crippen molar-refractivity contribution in [3.8, 4) is 5.75 Å². The fourth-order valence-corrected chi connectivity index (χ4v) is 4.90. The molecule has 0 saturated heterocycles. The van der Waals surface area contributed by atoms with E-state index in [-0.39, 0.29) is 24.8 Å². The van der Waals surface area contributed by atoms with E-state index < -0.39 is 16.1 Å². The third-order valence-corrected chi connectivity index (χ3v) is 7.10. The highest BCUT2D eigenvalue weighted by Crippen LogP contribution is 2.24. The molecule has 0 unspecified atom stereocenters. The first-order chi connectivity index (χ1) is 17.1. The van der Waals surface area contributed by atoms with Crippen LogP contribution in [0.3, 0.4) is 0 Å². The van der Waals surface area contributed by atoms with Gasteiger partial charge in [0, 0.05) is 32.1 Å². The zero-order valence-corrected chi connectivity index (χ0v) is 22.8. The van der Waals surface area contributed by atoms with Gasteiger partial charge in [-0.15, -0.1) is 0 Å². The first kappa shape index (κ1) is 29.2. The number of hydrogen-bond donors (Lipinski definition) is 1. The molecule has 36 heavy (non-hydrogen) atoms. The van der Waals surface area contributed by atoms with E-state index in [2.05, 4.69) is 5.32 Å². The molecule has 0 radical (unpaired) electrons. The maximum Gasteiger partial charge on any atom is 0.242 e. The molecule has 0 heterocycles. The Morgan fingerprint density at radius 1 is 1.08 bits per heavy atom. The summed E-state index contributed by atoms with van der Waals surface area (Å²) in [6.07, 6.45) is 2.84. The number of amides is 2. The van der Waals surface area contributed by atoms with Gasteiger partial charge in [-0.25, -0.2) is 8.42 Å². The number of sulfonamides is 1. The van der Waals surface area contributed by atoms with Crippen LogP contribution < -0.4 is 14.4 Å². The number of nitrogens with zero attached hydrogens (tertiary/aromatic N) is 2. The van der Waals surface area contributed by atoms with E-state index in [0.29, 0.717) is 37.4 Å². The summed E-state index contributed by atoms with van der Waals surface area (Å²) in [6.45, 7) is 6.85. The number of anilines is 1. The Hall–Kier alpha value is -3.07. The number of nitrogens with one attached hydrogen (secondary N) is 1. The highest BCUT2D eigenvalue weighted by molar-refractivity contribution is 7.92. The minimum absolute atomic E-state index is 0.111. The van der Waals surface area contributed by atoms with Gasteiger partial charge in [0.2, 0.25) is 21.8 Å². The average molecular weight is 518 g/mol. The van der Waals surface area contributed by atoms with Crippen molar-refractivity contribution in [3.05, 3.63) is 59.7 Å². The van der Waals surface area contributed by atoms with E-state index in [0.717, 1.165) is 23.8 Å². The highest BCUT2D eigenvalue weighted by Gasteiger charge is 2.28. The lowest BCUT2D eigenvalue weighted by Gasteiger charge is -2.31. The molecule has 0 saturated carbocycles. The molecule has 0 aliphatic rings. The lowest BCUT2D eigenvalue weighted by Crippen LogP contribution is -2.49. The maximum atomic E-state index is 13.4. The number of carbonyl (C=O) groups is 2. The lowest BCUT2D eigenvalue weighted by molar-refractivity contribution is -0.141. The predicted octanol–water partition coefficient (Wildman–Crippen LogP) is 3.88. The van der Waals surface area contributed by atoms with Crippen molar-refractivity contribution in [1.82, 2.24) is 10.2 Å². The lowest BCUT2D eigenvalue weighted by atomic mass is 10.1. The Balaban J connectivity index is 2.20. The molecular formula is C27H39N3O5S. The molecule has 1 atom stereocenters. The number of aryl methyl sites for hydroxylation is 1. The van der Waals surface area contributed by atoms with Gasteiger partial charge in [0.25, 0.3) is 0 Å². The van der Waals surface area contributed by atoms with Crippen LogP contribution in [0, 0.1) is 6.92 Å². The van der Waals surface area contributed by atoms with Crippen molar-refractivity contribution in [2.24, 2.45) is 0 Å². The molecule has 2 amide bonds. The third-order valence-electron chi connectivity index (χ3n) is 5.90. The van der Waals surface area contributed by atoms with E-state index >= 15 is 0 Å². The van der Waals surface area contributed by atoms with Crippen LogP contribution in [0.1, 0.15) is 50.7 Å². The molecule has 0 aliphatic heterocycles. The van der Waals surface area contributed by atoms with Gasteiger partial charge in [-0.1, -0.05) is 49.7 Å². The first-order valence-corrected chi connectivity index (χ1v) is 14.2. The Kier molecular flexibility index (Phi) is 11.2. The molecule has 0 spiro atoms. The zero-order chi connectivity index (χ0) is 26.7. The number of rotatable bonds is 14. The standard InChI is InChI=1S/C27H39N3O5S/c1-6-17-28-27(32)25(7-2)29(20-22-15-13-21(3)14-16-22)26(31)12-9-18-30(36(5,33)34)23-10-8-11-24(19-23)35-4/h8,10-11,13-16,19,25H,6-7,9,12,17-18,20H2,1-5H3,(H,28,32)/t25-/m0/s1. The van der Waals surface area contributed by atoms with Gasteiger partial charge in [-0.3, -0.25) is 13.9 Å². The Morgan fingerprint density at radius 2 is 1.78 bits per heavy atom. The Morgan fingerprint density at radius 3 is 2.36 bits per heavy atom. The van der Waals surface area contributed by atoms with Crippen molar-refractivity contribution in [2.45, 2.75) is 59.0 Å². The number of benzene rings is 2. The fourth-order valence-electron chi connectivity index (χ4n) is 3.95. The smallest absolute Gasteiger partial charge is 0.242 e. The highest BCUT2D eigenvalue weighted by atomic mass is 32.2. The number of ether oxygens (including phenoxy) is 1. The minimum atomic E-state index is -3.57. The normalized spacial score (nSPS) is 12.0. The van der Waals surface area contributed by atoms with Crippen molar-refractivity contribution in [2.75, 3.05) is 30.8 Å². The van der Waals surface area contributed by atoms with Crippen molar-refractivity contribution >= 4 is 27.5 Å². The van der Waals surface area contributed by atoms with Gasteiger partial charge >= 0.3 is 0 Å². The van der Waals surface area contributed by atoms with E-state index in [1.807, 2.05) is 45.0 Å². The third kappa shape index (κ3) is 8.55. The van der Waals surface area contributed by atoms with Gasteiger partial charge in [-0.2, -0.15) is 0 Å². The van der Waals surface area contributed by atoms with Crippen LogP contribution in [0.2, 0.25) is 0 Å². The summed E-state index contributed by atoms with van der Waals surface area (Å²) < 4.78 is 31.5. The predicted molar refractivity (Wildman–Crippen MR) is 144 cm³/mol. The number of hydrogen-bond acceptors (Lipinski definition) is 5. The average Bonchev–Trinajstić information content (AvgIpc) is 2.85. The van der Waals surface area contributed by atoms with Crippen LogP contribution in [0.15, 0.2) is 48.5 Å². The minimum Gasteiger partial charge on any atom is -0.497 e. The second kappa shape index (κ2) is 13.9. The molecule has 1 N–H and O–H groups in total. The van der Waals surface area contributed by atoms with Crippen LogP contribution in [0.5, 0.6) is 5.75 Å². The van der Waals surface area contributed by atoms with Gasteiger partial charge in [0.1, 0.15) is 11.8 Å². The Bertz CT molecular complexity index is 1100. The molecule has 0 aliphatic carbocycles. The van der Waals surface area contributed by atoms with Crippen molar-refractivity contribution < 1.29 is 22.7 Å². The zero-order valence-electron chi connectivity index (χ0n) is 22.0. The monoisotopic (exact) mass is 517 g/mol. The summed E-state index contributed by atoms with van der Waals surface area (Å²) in [5, 5.41) is 2.91. The molecule has 198 valence electrons. The van der Waals surface area contributed by atoms with E-state index in [9.17, 15) is 18.0 Å². The maximum absolute atomic E-state index is 13.4. The second-order valence-corrected chi connectivity index (χ2v) is 10.8. The van der Waals surface area contributed by atoms with Crippen LogP contribution in [-0.2, 0) is 26.2 Å². The van der Waals surface area contributed by atoms with Crippen molar-refractivity contribution in [3.63, 3.8) is 0 Å². The topological polar surface area (TPSA) is 96.0 Å². The van der Waals surface area contributed by atoms with Gasteiger partial charge < -0.3 is 15.0 Å². The molecule has 2 aromatic carbocycles. The number of carbonyl (C=O) groups excluding carboxylic acids is 2. The summed E-state index contributed by atoms with van der Waals surface area (Å²) in [5.41, 5.74) is 2.53. The molecule has 0 aromatic heterocycles. The van der Waals surface area contributed by atoms with Crippen molar-refractivity contribution in [1.29, 1.82) is 0 Å². The van der Waals surface area contributed by atoms with Crippen LogP contribution in [0.25, 0.3) is 0 Å². The van der Waals surface area contributed by atoms with Gasteiger partial charge in [0.05, 0.1) is 19.1 Å². The fraction of sp³-hybridized carbons (Fsp3) is 0.481. The largest absolute Gasteiger partial charge is 0.497 e. The number of methoxy groups -OCH3 is 1. The summed E-state index contributed by atoms with van der Waals surface area (Å²) >= 11 is 0. The first-order valence-electron chi connectivity index (χ1n) is 12.3. The summed E-state index contributed by atoms with van der Waals surface area (Å²) in [6, 6.07) is 14.1. The van der Waals surface area contributed by atoms with Gasteiger partial charge in [-0.05, 0) is 43.9 Å². The molecule has 0 fully saturated rings. The SMILES string of the molecule is CCCNC(=O)[C@H](CC)N(Cc1ccc(C)cc1)C(=O)CCCN(c1cccc(OC)c1)S(C)(=O)=O.